The highest BCUT2D eigenvalue weighted by Crippen LogP contribution is 2.41. The summed E-state index contributed by atoms with van der Waals surface area (Å²) in [7, 11) is 0. The van der Waals surface area contributed by atoms with Crippen molar-refractivity contribution in [3.63, 3.8) is 0 Å². The molecule has 1 heterocycles. The van der Waals surface area contributed by atoms with Gasteiger partial charge in [-0.05, 0) is 11.1 Å². The molecule has 0 saturated carbocycles. The van der Waals surface area contributed by atoms with E-state index >= 15 is 0 Å². The lowest BCUT2D eigenvalue weighted by atomic mass is 9.88. The van der Waals surface area contributed by atoms with E-state index in [2.05, 4.69) is 48.5 Å². The summed E-state index contributed by atoms with van der Waals surface area (Å²) >= 11 is 1.85. The van der Waals surface area contributed by atoms with Crippen LogP contribution in [0.15, 0.2) is 60.7 Å². The van der Waals surface area contributed by atoms with Crippen LogP contribution in [0.3, 0.4) is 0 Å². The third-order valence-corrected chi connectivity index (χ3v) is 4.07. The normalized spacial score (nSPS) is 18.1. The smallest absolute Gasteiger partial charge is 0.128 e. The van der Waals surface area contributed by atoms with Gasteiger partial charge in [0.05, 0.1) is 5.94 Å². The zero-order valence-electron chi connectivity index (χ0n) is 9.50. The van der Waals surface area contributed by atoms with Crippen molar-refractivity contribution in [2.24, 2.45) is 0 Å². The van der Waals surface area contributed by atoms with Crippen LogP contribution in [0.2, 0.25) is 0 Å². The number of rotatable bonds is 2. The van der Waals surface area contributed by atoms with E-state index in [-0.39, 0.29) is 5.60 Å². The van der Waals surface area contributed by atoms with Gasteiger partial charge in [0.25, 0.3) is 0 Å². The third kappa shape index (κ3) is 1.88. The van der Waals surface area contributed by atoms with Crippen LogP contribution in [-0.4, -0.2) is 11.7 Å². The van der Waals surface area contributed by atoms with E-state index < -0.39 is 0 Å². The van der Waals surface area contributed by atoms with Crippen molar-refractivity contribution < 1.29 is 4.74 Å². The third-order valence-electron chi connectivity index (χ3n) is 3.17. The molecule has 0 spiro atoms. The van der Waals surface area contributed by atoms with Crippen LogP contribution in [0.1, 0.15) is 11.1 Å². The molecule has 2 aromatic rings. The van der Waals surface area contributed by atoms with Gasteiger partial charge in [-0.3, -0.25) is 0 Å². The van der Waals surface area contributed by atoms with Crippen LogP contribution in [0.5, 0.6) is 0 Å². The zero-order valence-corrected chi connectivity index (χ0v) is 10.3. The summed E-state index contributed by atoms with van der Waals surface area (Å²) in [5.74, 6) is 1.75. The molecule has 3 rings (SSSR count). The van der Waals surface area contributed by atoms with Crippen molar-refractivity contribution in [3.8, 4) is 0 Å². The van der Waals surface area contributed by atoms with Crippen molar-refractivity contribution in [2.75, 3.05) is 11.7 Å². The Hall–Kier alpha value is -1.25. The topological polar surface area (TPSA) is 9.23 Å². The van der Waals surface area contributed by atoms with Gasteiger partial charge in [-0.25, -0.2) is 0 Å². The molecular formula is C15H14OS. The van der Waals surface area contributed by atoms with Crippen molar-refractivity contribution in [3.05, 3.63) is 71.8 Å². The maximum Gasteiger partial charge on any atom is 0.128 e. The van der Waals surface area contributed by atoms with Crippen molar-refractivity contribution in [2.45, 2.75) is 5.60 Å². The fourth-order valence-corrected chi connectivity index (χ4v) is 3.36. The zero-order chi connectivity index (χ0) is 11.6. The molecule has 2 heteroatoms. The van der Waals surface area contributed by atoms with E-state index in [4.69, 9.17) is 4.74 Å². The van der Waals surface area contributed by atoms with Crippen LogP contribution in [0, 0.1) is 0 Å². The molecule has 0 aromatic heterocycles. The van der Waals surface area contributed by atoms with Gasteiger partial charge in [0, 0.05) is 5.75 Å². The molecule has 0 N–H and O–H groups in total. The van der Waals surface area contributed by atoms with Crippen LogP contribution in [0.4, 0.5) is 0 Å². The highest BCUT2D eigenvalue weighted by atomic mass is 32.2. The second-order valence-electron chi connectivity index (χ2n) is 4.17. The molecule has 1 aliphatic rings. The quantitative estimate of drug-likeness (QED) is 0.795. The lowest BCUT2D eigenvalue weighted by Gasteiger charge is -2.28. The molecule has 0 amide bonds. The van der Waals surface area contributed by atoms with Crippen LogP contribution < -0.4 is 0 Å². The van der Waals surface area contributed by atoms with E-state index in [1.807, 2.05) is 23.9 Å². The minimum atomic E-state index is -0.257. The minimum absolute atomic E-state index is 0.257. The van der Waals surface area contributed by atoms with Gasteiger partial charge in [-0.1, -0.05) is 60.7 Å². The first-order chi connectivity index (χ1) is 8.42. The average Bonchev–Trinajstić information content (AvgIpc) is 2.91. The molecule has 2 aromatic carbocycles. The first kappa shape index (κ1) is 10.9. The summed E-state index contributed by atoms with van der Waals surface area (Å²) in [5.41, 5.74) is 2.24. The number of ether oxygens (including phenoxy) is 1. The van der Waals surface area contributed by atoms with Crippen LogP contribution >= 0.6 is 11.8 Å². The molecule has 86 valence electrons. The maximum atomic E-state index is 6.08. The van der Waals surface area contributed by atoms with Gasteiger partial charge in [0.2, 0.25) is 0 Å². The first-order valence-corrected chi connectivity index (χ1v) is 6.90. The van der Waals surface area contributed by atoms with Gasteiger partial charge in [0.15, 0.2) is 0 Å². The highest BCUT2D eigenvalue weighted by molar-refractivity contribution is 7.99. The van der Waals surface area contributed by atoms with Crippen molar-refractivity contribution in [1.82, 2.24) is 0 Å². The molecule has 17 heavy (non-hydrogen) atoms. The van der Waals surface area contributed by atoms with Crippen LogP contribution in [0.25, 0.3) is 0 Å². The van der Waals surface area contributed by atoms with E-state index in [1.54, 1.807) is 0 Å². The number of hydrogen-bond acceptors (Lipinski definition) is 2. The number of benzene rings is 2. The fourth-order valence-electron chi connectivity index (χ4n) is 2.28. The Morgan fingerprint density at radius 3 is 1.76 bits per heavy atom. The van der Waals surface area contributed by atoms with Crippen molar-refractivity contribution >= 4 is 11.8 Å². The van der Waals surface area contributed by atoms with Gasteiger partial charge in [0.1, 0.15) is 5.60 Å². The molecular weight excluding hydrogens is 228 g/mol. The molecule has 1 fully saturated rings. The standard InChI is InChI=1S/C15H14OS/c1-3-7-13(8-4-1)15(11-17-12-16-15)14-9-5-2-6-10-14/h1-10H,11-12H2. The number of thioether (sulfide) groups is 1. The Labute approximate surface area is 106 Å². The second-order valence-corrected chi connectivity index (χ2v) is 5.10. The van der Waals surface area contributed by atoms with E-state index in [9.17, 15) is 0 Å². The monoisotopic (exact) mass is 242 g/mol. The lowest BCUT2D eigenvalue weighted by Crippen LogP contribution is -2.29. The highest BCUT2D eigenvalue weighted by Gasteiger charge is 2.39. The van der Waals surface area contributed by atoms with E-state index in [0.29, 0.717) is 0 Å². The molecule has 1 aliphatic heterocycles. The predicted molar refractivity (Wildman–Crippen MR) is 72.1 cm³/mol. The van der Waals surface area contributed by atoms with E-state index in [0.717, 1.165) is 11.7 Å². The summed E-state index contributed by atoms with van der Waals surface area (Å²) in [6, 6.07) is 21.0. The molecule has 1 saturated heterocycles. The Balaban J connectivity index is 2.11. The molecule has 0 unspecified atom stereocenters. The Morgan fingerprint density at radius 1 is 0.824 bits per heavy atom. The lowest BCUT2D eigenvalue weighted by molar-refractivity contribution is 0.0474. The Morgan fingerprint density at radius 2 is 1.35 bits per heavy atom. The first-order valence-electron chi connectivity index (χ1n) is 5.75. The summed E-state index contributed by atoms with van der Waals surface area (Å²) in [6.07, 6.45) is 0. The summed E-state index contributed by atoms with van der Waals surface area (Å²) < 4.78 is 6.08. The van der Waals surface area contributed by atoms with Crippen LogP contribution in [-0.2, 0) is 10.3 Å². The largest absolute Gasteiger partial charge is 0.354 e. The van der Waals surface area contributed by atoms with Crippen molar-refractivity contribution in [1.29, 1.82) is 0 Å². The molecule has 0 aliphatic carbocycles. The van der Waals surface area contributed by atoms with Gasteiger partial charge in [-0.15, -0.1) is 11.8 Å². The minimum Gasteiger partial charge on any atom is -0.354 e. The predicted octanol–water partition coefficient (Wildman–Crippen LogP) is 3.65. The Kier molecular flexibility index (Phi) is 2.91. The maximum absolute atomic E-state index is 6.08. The fraction of sp³-hybridized carbons (Fsp3) is 0.200. The average molecular weight is 242 g/mol. The summed E-state index contributed by atoms with van der Waals surface area (Å²) in [6.45, 7) is 0. The second kappa shape index (κ2) is 4.55. The molecule has 0 atom stereocenters. The van der Waals surface area contributed by atoms with E-state index in [1.165, 1.54) is 11.1 Å². The summed E-state index contributed by atoms with van der Waals surface area (Å²) in [5, 5.41) is 0. The molecule has 0 radical (unpaired) electrons. The SMILES string of the molecule is c1ccc(C2(c3ccccc3)CSCO2)cc1. The molecule has 0 bridgehead atoms. The van der Waals surface area contributed by atoms with Gasteiger partial charge in [-0.2, -0.15) is 0 Å². The molecule has 1 nitrogen and oxygen atoms in total. The van der Waals surface area contributed by atoms with Gasteiger partial charge >= 0.3 is 0 Å². The number of hydrogen-bond donors (Lipinski definition) is 0. The van der Waals surface area contributed by atoms with Gasteiger partial charge < -0.3 is 4.74 Å². The summed E-state index contributed by atoms with van der Waals surface area (Å²) in [4.78, 5) is 0. The Bertz CT molecular complexity index is 433.